The molecule has 0 unspecified atom stereocenters. The molecule has 1 aliphatic rings. The van der Waals surface area contributed by atoms with Crippen LogP contribution in [0.1, 0.15) is 32.8 Å². The molecule has 8 nitrogen and oxygen atoms in total. The number of hydrogen-bond acceptors (Lipinski definition) is 7. The van der Waals surface area contributed by atoms with Gasteiger partial charge in [-0.15, -0.1) is 11.3 Å². The zero-order valence-electron chi connectivity index (χ0n) is 16.1. The molecule has 0 bridgehead atoms. The van der Waals surface area contributed by atoms with E-state index in [0.29, 0.717) is 10.6 Å². The minimum Gasteiger partial charge on any atom is -0.454 e. The predicted molar refractivity (Wildman–Crippen MR) is 106 cm³/mol. The third-order valence-electron chi connectivity index (χ3n) is 4.36. The van der Waals surface area contributed by atoms with Crippen LogP contribution in [-0.4, -0.2) is 37.5 Å². The second-order valence-corrected chi connectivity index (χ2v) is 7.58. The van der Waals surface area contributed by atoms with Crippen LogP contribution < -0.4 is 15.4 Å². The third kappa shape index (κ3) is 5.76. The molecule has 0 atom stereocenters. The smallest absolute Gasteiger partial charge is 0.387 e. The summed E-state index contributed by atoms with van der Waals surface area (Å²) in [5, 5.41) is 14.6. The summed E-state index contributed by atoms with van der Waals surface area (Å²) in [6.07, 6.45) is 2.66. The first-order valence-electron chi connectivity index (χ1n) is 9.20. The number of thiophene rings is 1. The Kier molecular flexibility index (Phi) is 7.15. The van der Waals surface area contributed by atoms with Crippen molar-refractivity contribution in [3.8, 4) is 11.8 Å². The van der Waals surface area contributed by atoms with Crippen molar-refractivity contribution in [2.24, 2.45) is 0 Å². The summed E-state index contributed by atoms with van der Waals surface area (Å²) in [6, 6.07) is 7.17. The Morgan fingerprint density at radius 1 is 1.26 bits per heavy atom. The molecule has 1 aliphatic carbocycles. The molecule has 11 heteroatoms. The fourth-order valence-corrected chi connectivity index (χ4v) is 4.29. The number of benzene rings is 1. The van der Waals surface area contributed by atoms with Crippen molar-refractivity contribution in [3.05, 3.63) is 45.8 Å². The standard InChI is InChI=1S/C20H17F2N3O5S/c21-20(22)30-12-4-1-3-11(7-12)18(28)24-9-17(27)29-10-16(26)25-19-14(8-23)13-5-2-6-15(13)31-19/h1,3-4,7,20H,2,5-6,9-10H2,(H,24,28)(H,25,26). The molecule has 1 aromatic heterocycles. The number of alkyl halides is 2. The average molecular weight is 449 g/mol. The van der Waals surface area contributed by atoms with E-state index >= 15 is 0 Å². The van der Waals surface area contributed by atoms with E-state index in [9.17, 15) is 28.4 Å². The normalized spacial score (nSPS) is 12.1. The van der Waals surface area contributed by atoms with Gasteiger partial charge in [-0.2, -0.15) is 14.0 Å². The van der Waals surface area contributed by atoms with E-state index in [1.807, 2.05) is 0 Å². The van der Waals surface area contributed by atoms with Gasteiger partial charge in [-0.1, -0.05) is 6.07 Å². The van der Waals surface area contributed by atoms with Crippen molar-refractivity contribution >= 4 is 34.1 Å². The van der Waals surface area contributed by atoms with Gasteiger partial charge in [0.05, 0.1) is 5.56 Å². The molecular formula is C20H17F2N3O5S. The number of nitriles is 1. The summed E-state index contributed by atoms with van der Waals surface area (Å²) < 4.78 is 33.5. The maximum atomic E-state index is 12.2. The monoisotopic (exact) mass is 449 g/mol. The highest BCUT2D eigenvalue weighted by atomic mass is 32.1. The van der Waals surface area contributed by atoms with Crippen molar-refractivity contribution in [2.45, 2.75) is 25.9 Å². The highest BCUT2D eigenvalue weighted by Crippen LogP contribution is 2.38. The molecule has 0 saturated heterocycles. The Labute approximate surface area is 179 Å². The number of hydrogen-bond donors (Lipinski definition) is 2. The number of nitrogens with zero attached hydrogens (tertiary/aromatic N) is 1. The minimum atomic E-state index is -3.03. The van der Waals surface area contributed by atoms with Gasteiger partial charge >= 0.3 is 12.6 Å². The van der Waals surface area contributed by atoms with Gasteiger partial charge in [0.15, 0.2) is 6.61 Å². The number of carbonyl (C=O) groups excluding carboxylic acids is 3. The van der Waals surface area contributed by atoms with Gasteiger partial charge in [0.25, 0.3) is 11.8 Å². The minimum absolute atomic E-state index is 0.0125. The Balaban J connectivity index is 1.45. The number of fused-ring (bicyclic) bond motifs is 1. The van der Waals surface area contributed by atoms with E-state index < -0.39 is 37.5 Å². The molecule has 1 heterocycles. The first kappa shape index (κ1) is 22.2. The predicted octanol–water partition coefficient (Wildman–Crippen LogP) is 2.62. The van der Waals surface area contributed by atoms with Gasteiger partial charge in [0.2, 0.25) is 0 Å². The van der Waals surface area contributed by atoms with Crippen molar-refractivity contribution in [2.75, 3.05) is 18.5 Å². The van der Waals surface area contributed by atoms with Crippen LogP contribution in [-0.2, 0) is 27.2 Å². The molecule has 1 aromatic carbocycles. The molecule has 0 aliphatic heterocycles. The number of carbonyl (C=O) groups is 3. The summed E-state index contributed by atoms with van der Waals surface area (Å²) in [5.74, 6) is -2.36. The molecule has 3 rings (SSSR count). The van der Waals surface area contributed by atoms with Crippen LogP contribution in [0.3, 0.4) is 0 Å². The largest absolute Gasteiger partial charge is 0.454 e. The van der Waals surface area contributed by atoms with Crippen LogP contribution in [0.25, 0.3) is 0 Å². The number of halogens is 2. The Bertz CT molecular complexity index is 1050. The number of nitrogens with one attached hydrogen (secondary N) is 2. The van der Waals surface area contributed by atoms with Gasteiger partial charge in [-0.05, 0) is 43.0 Å². The molecule has 162 valence electrons. The second-order valence-electron chi connectivity index (χ2n) is 6.47. The first-order chi connectivity index (χ1) is 14.9. The second kappa shape index (κ2) is 9.99. The zero-order chi connectivity index (χ0) is 22.4. The maximum absolute atomic E-state index is 12.2. The van der Waals surface area contributed by atoms with Crippen molar-refractivity contribution < 1.29 is 32.6 Å². The average Bonchev–Trinajstić information content (AvgIpc) is 3.30. The summed E-state index contributed by atoms with van der Waals surface area (Å²) in [5.41, 5.74) is 1.42. The summed E-state index contributed by atoms with van der Waals surface area (Å²) >= 11 is 1.34. The fraction of sp³-hybridized carbons (Fsp3) is 0.300. The molecule has 2 N–H and O–H groups in total. The topological polar surface area (TPSA) is 118 Å². The van der Waals surface area contributed by atoms with Crippen LogP contribution >= 0.6 is 11.3 Å². The fourth-order valence-electron chi connectivity index (χ4n) is 3.04. The lowest BCUT2D eigenvalue weighted by Gasteiger charge is -2.08. The molecular weight excluding hydrogens is 432 g/mol. The van der Waals surface area contributed by atoms with Crippen molar-refractivity contribution in [3.63, 3.8) is 0 Å². The van der Waals surface area contributed by atoms with Gasteiger partial charge < -0.3 is 20.1 Å². The van der Waals surface area contributed by atoms with Crippen LogP contribution in [0.2, 0.25) is 0 Å². The maximum Gasteiger partial charge on any atom is 0.387 e. The first-order valence-corrected chi connectivity index (χ1v) is 10.0. The number of rotatable bonds is 8. The van der Waals surface area contributed by atoms with Gasteiger partial charge in [-0.25, -0.2) is 0 Å². The molecule has 0 fully saturated rings. The number of esters is 1. The van der Waals surface area contributed by atoms with E-state index in [4.69, 9.17) is 4.74 Å². The van der Waals surface area contributed by atoms with Gasteiger partial charge in [-0.3, -0.25) is 14.4 Å². The lowest BCUT2D eigenvalue weighted by molar-refractivity contribution is -0.146. The molecule has 31 heavy (non-hydrogen) atoms. The SMILES string of the molecule is N#Cc1c(NC(=O)COC(=O)CNC(=O)c2cccc(OC(F)F)c2)sc2c1CCC2. The third-order valence-corrected chi connectivity index (χ3v) is 5.57. The highest BCUT2D eigenvalue weighted by Gasteiger charge is 2.23. The van der Waals surface area contributed by atoms with E-state index in [2.05, 4.69) is 21.4 Å². The quantitative estimate of drug-likeness (QED) is 0.599. The van der Waals surface area contributed by atoms with E-state index in [0.717, 1.165) is 35.8 Å². The van der Waals surface area contributed by atoms with Crippen LogP contribution in [0, 0.1) is 11.3 Å². The number of amides is 2. The highest BCUT2D eigenvalue weighted by molar-refractivity contribution is 7.16. The molecule has 0 spiro atoms. The number of aryl methyl sites for hydroxylation is 1. The molecule has 2 amide bonds. The van der Waals surface area contributed by atoms with Crippen molar-refractivity contribution in [1.82, 2.24) is 5.32 Å². The Morgan fingerprint density at radius 2 is 2.06 bits per heavy atom. The molecule has 0 saturated carbocycles. The zero-order valence-corrected chi connectivity index (χ0v) is 16.9. The van der Waals surface area contributed by atoms with Crippen LogP contribution in [0.4, 0.5) is 13.8 Å². The van der Waals surface area contributed by atoms with Crippen LogP contribution in [0.5, 0.6) is 5.75 Å². The van der Waals surface area contributed by atoms with Gasteiger partial charge in [0, 0.05) is 10.4 Å². The Hall–Kier alpha value is -3.52. The van der Waals surface area contributed by atoms with Crippen LogP contribution in [0.15, 0.2) is 24.3 Å². The van der Waals surface area contributed by atoms with Crippen molar-refractivity contribution in [1.29, 1.82) is 5.26 Å². The van der Waals surface area contributed by atoms with Gasteiger partial charge in [0.1, 0.15) is 23.4 Å². The Morgan fingerprint density at radius 3 is 2.81 bits per heavy atom. The molecule has 2 aromatic rings. The number of anilines is 1. The lowest BCUT2D eigenvalue weighted by Crippen LogP contribution is -2.32. The lowest BCUT2D eigenvalue weighted by atomic mass is 10.1. The van der Waals surface area contributed by atoms with E-state index in [-0.39, 0.29) is 11.3 Å². The summed E-state index contributed by atoms with van der Waals surface area (Å²) in [7, 11) is 0. The van der Waals surface area contributed by atoms with E-state index in [1.54, 1.807) is 0 Å². The summed E-state index contributed by atoms with van der Waals surface area (Å²) in [4.78, 5) is 37.0. The van der Waals surface area contributed by atoms with E-state index in [1.165, 1.54) is 29.5 Å². The summed E-state index contributed by atoms with van der Waals surface area (Å²) in [6.45, 7) is -4.14. The number of ether oxygens (including phenoxy) is 2. The molecule has 0 radical (unpaired) electrons.